The van der Waals surface area contributed by atoms with Crippen LogP contribution in [0.1, 0.15) is 30.9 Å². The lowest BCUT2D eigenvalue weighted by molar-refractivity contribution is -0.134. The molecule has 4 nitrogen and oxygen atoms in total. The molecule has 136 valence electrons. The first kappa shape index (κ1) is 17.4. The van der Waals surface area contributed by atoms with Crippen LogP contribution in [0, 0.1) is 0 Å². The van der Waals surface area contributed by atoms with Crippen molar-refractivity contribution in [3.8, 4) is 11.5 Å². The Morgan fingerprint density at radius 1 is 1.15 bits per heavy atom. The van der Waals surface area contributed by atoms with Crippen LogP contribution in [0.2, 0.25) is 0 Å². The highest BCUT2D eigenvalue weighted by atomic mass is 79.9. The maximum atomic E-state index is 13.4. The summed E-state index contributed by atoms with van der Waals surface area (Å²) < 4.78 is 12.5. The van der Waals surface area contributed by atoms with Gasteiger partial charge in [0.2, 0.25) is 5.91 Å². The van der Waals surface area contributed by atoms with Crippen LogP contribution >= 0.6 is 15.9 Å². The van der Waals surface area contributed by atoms with Crippen molar-refractivity contribution in [3.63, 3.8) is 0 Å². The molecule has 5 heteroatoms. The molecule has 1 heterocycles. The van der Waals surface area contributed by atoms with Crippen molar-refractivity contribution in [1.29, 1.82) is 0 Å². The summed E-state index contributed by atoms with van der Waals surface area (Å²) in [6.07, 6.45) is 1.82. The Kier molecular flexibility index (Phi) is 4.65. The van der Waals surface area contributed by atoms with Gasteiger partial charge in [-0.15, -0.1) is 0 Å². The molecule has 1 fully saturated rings. The molecule has 1 aliphatic carbocycles. The Balaban J connectivity index is 1.59. The first-order chi connectivity index (χ1) is 12.6. The van der Waals surface area contributed by atoms with Crippen LogP contribution in [-0.4, -0.2) is 30.6 Å². The molecular formula is C21H22BrNO3. The maximum absolute atomic E-state index is 13.4. The van der Waals surface area contributed by atoms with Gasteiger partial charge in [0.15, 0.2) is 11.5 Å². The molecule has 1 aliphatic heterocycles. The second-order valence-corrected chi connectivity index (χ2v) is 7.77. The number of ether oxygens (including phenoxy) is 2. The van der Waals surface area contributed by atoms with Gasteiger partial charge in [-0.25, -0.2) is 0 Å². The molecule has 2 aromatic rings. The molecular weight excluding hydrogens is 394 g/mol. The molecule has 0 spiro atoms. The topological polar surface area (TPSA) is 38.8 Å². The average molecular weight is 416 g/mol. The lowest BCUT2D eigenvalue weighted by atomic mass is 9.94. The maximum Gasteiger partial charge on any atom is 0.233 e. The number of hydrogen-bond acceptors (Lipinski definition) is 3. The van der Waals surface area contributed by atoms with E-state index in [0.29, 0.717) is 26.3 Å². The van der Waals surface area contributed by atoms with Crippen LogP contribution in [0.3, 0.4) is 0 Å². The van der Waals surface area contributed by atoms with Gasteiger partial charge in [0.1, 0.15) is 13.2 Å². The molecule has 1 saturated carbocycles. The molecule has 0 bridgehead atoms. The van der Waals surface area contributed by atoms with Crippen LogP contribution in [-0.2, 0) is 16.8 Å². The van der Waals surface area contributed by atoms with Crippen LogP contribution < -0.4 is 9.47 Å². The predicted molar refractivity (Wildman–Crippen MR) is 104 cm³/mol. The largest absolute Gasteiger partial charge is 0.486 e. The molecule has 2 aromatic carbocycles. The summed E-state index contributed by atoms with van der Waals surface area (Å²) >= 11 is 3.53. The lowest BCUT2D eigenvalue weighted by Crippen LogP contribution is -2.39. The number of halogens is 1. The van der Waals surface area contributed by atoms with Crippen molar-refractivity contribution in [2.75, 3.05) is 19.8 Å². The number of amides is 1. The Labute approximate surface area is 162 Å². The normalized spacial score (nSPS) is 16.8. The van der Waals surface area contributed by atoms with Gasteiger partial charge in [0, 0.05) is 23.1 Å². The first-order valence-electron chi connectivity index (χ1n) is 9.07. The van der Waals surface area contributed by atoms with Gasteiger partial charge in [0.05, 0.1) is 5.41 Å². The number of nitrogens with zero attached hydrogens (tertiary/aromatic N) is 1. The number of para-hydroxylation sites is 1. The second kappa shape index (κ2) is 6.95. The molecule has 0 aromatic heterocycles. The summed E-state index contributed by atoms with van der Waals surface area (Å²) in [5.41, 5.74) is 1.74. The summed E-state index contributed by atoms with van der Waals surface area (Å²) in [4.78, 5) is 15.3. The number of carbonyl (C=O) groups is 1. The molecule has 0 radical (unpaired) electrons. The smallest absolute Gasteiger partial charge is 0.233 e. The van der Waals surface area contributed by atoms with E-state index in [9.17, 15) is 4.79 Å². The fourth-order valence-electron chi connectivity index (χ4n) is 3.63. The zero-order valence-electron chi connectivity index (χ0n) is 14.8. The number of rotatable bonds is 5. The van der Waals surface area contributed by atoms with Crippen LogP contribution in [0.15, 0.2) is 46.9 Å². The van der Waals surface area contributed by atoms with Gasteiger partial charge >= 0.3 is 0 Å². The molecule has 0 N–H and O–H groups in total. The minimum atomic E-state index is -0.369. The first-order valence-corrected chi connectivity index (χ1v) is 9.86. The van der Waals surface area contributed by atoms with Crippen LogP contribution in [0.25, 0.3) is 0 Å². The second-order valence-electron chi connectivity index (χ2n) is 6.85. The summed E-state index contributed by atoms with van der Waals surface area (Å²) in [5, 5.41) is 0. The number of hydrogen-bond donors (Lipinski definition) is 0. The lowest BCUT2D eigenvalue weighted by Gasteiger charge is -2.28. The van der Waals surface area contributed by atoms with E-state index in [2.05, 4.69) is 28.1 Å². The van der Waals surface area contributed by atoms with E-state index in [1.54, 1.807) is 0 Å². The fraction of sp³-hybridized carbons (Fsp3) is 0.381. The molecule has 1 amide bonds. The summed E-state index contributed by atoms with van der Waals surface area (Å²) in [5.74, 6) is 1.75. The molecule has 0 saturated heterocycles. The van der Waals surface area contributed by atoms with Crippen molar-refractivity contribution in [1.82, 2.24) is 4.90 Å². The third-order valence-corrected chi connectivity index (χ3v) is 5.71. The number of carbonyl (C=O) groups excluding carboxylic acids is 1. The fourth-order valence-corrected chi connectivity index (χ4v) is 4.03. The highest BCUT2D eigenvalue weighted by Gasteiger charge is 2.52. The van der Waals surface area contributed by atoms with E-state index in [0.717, 1.165) is 39.9 Å². The minimum absolute atomic E-state index is 0.201. The minimum Gasteiger partial charge on any atom is -0.486 e. The van der Waals surface area contributed by atoms with Gasteiger partial charge < -0.3 is 14.4 Å². The summed E-state index contributed by atoms with van der Waals surface area (Å²) in [6, 6.07) is 14.0. The third-order valence-electron chi connectivity index (χ3n) is 5.21. The number of fused-ring (bicyclic) bond motifs is 1. The van der Waals surface area contributed by atoms with E-state index in [1.807, 2.05) is 42.2 Å². The van der Waals surface area contributed by atoms with E-state index in [4.69, 9.17) is 9.47 Å². The zero-order chi connectivity index (χ0) is 18.1. The van der Waals surface area contributed by atoms with Crippen molar-refractivity contribution >= 4 is 21.8 Å². The molecule has 0 atom stereocenters. The summed E-state index contributed by atoms with van der Waals surface area (Å²) in [6.45, 7) is 4.35. The molecule has 0 unspecified atom stereocenters. The SMILES string of the molecule is CCN(Cc1cccc2c1OCCO2)C(=O)C1(c2cccc(Br)c2)CC1. The quantitative estimate of drug-likeness (QED) is 0.730. The Morgan fingerprint density at radius 3 is 2.65 bits per heavy atom. The van der Waals surface area contributed by atoms with Crippen LogP contribution in [0.5, 0.6) is 11.5 Å². The molecule has 4 rings (SSSR count). The van der Waals surface area contributed by atoms with Crippen molar-refractivity contribution in [2.24, 2.45) is 0 Å². The van der Waals surface area contributed by atoms with Crippen molar-refractivity contribution < 1.29 is 14.3 Å². The van der Waals surface area contributed by atoms with E-state index >= 15 is 0 Å². The van der Waals surface area contributed by atoms with E-state index in [1.165, 1.54) is 0 Å². The van der Waals surface area contributed by atoms with Gasteiger partial charge in [-0.05, 0) is 43.5 Å². The Hall–Kier alpha value is -2.01. The highest BCUT2D eigenvalue weighted by molar-refractivity contribution is 9.10. The van der Waals surface area contributed by atoms with Crippen LogP contribution in [0.4, 0.5) is 0 Å². The zero-order valence-corrected chi connectivity index (χ0v) is 16.4. The van der Waals surface area contributed by atoms with E-state index < -0.39 is 0 Å². The average Bonchev–Trinajstić information content (AvgIpc) is 3.48. The third kappa shape index (κ3) is 3.09. The molecule has 2 aliphatic rings. The van der Waals surface area contributed by atoms with Gasteiger partial charge in [-0.3, -0.25) is 4.79 Å². The number of benzene rings is 2. The standard InChI is InChI=1S/C21H22BrNO3/c1-2-23(14-15-5-3-8-18-19(15)26-12-11-25-18)20(24)21(9-10-21)16-6-4-7-17(22)13-16/h3-8,13H,2,9-12,14H2,1H3. The van der Waals surface area contributed by atoms with Gasteiger partial charge in [-0.2, -0.15) is 0 Å². The predicted octanol–water partition coefficient (Wildman–Crippen LogP) is 4.30. The van der Waals surface area contributed by atoms with Crippen molar-refractivity contribution in [3.05, 3.63) is 58.1 Å². The van der Waals surface area contributed by atoms with Crippen molar-refractivity contribution in [2.45, 2.75) is 31.7 Å². The van der Waals surface area contributed by atoms with Gasteiger partial charge in [-0.1, -0.05) is 40.2 Å². The Morgan fingerprint density at radius 2 is 1.92 bits per heavy atom. The monoisotopic (exact) mass is 415 g/mol. The van der Waals surface area contributed by atoms with Gasteiger partial charge in [0.25, 0.3) is 0 Å². The van der Waals surface area contributed by atoms with E-state index in [-0.39, 0.29) is 11.3 Å². The summed E-state index contributed by atoms with van der Waals surface area (Å²) in [7, 11) is 0. The highest BCUT2D eigenvalue weighted by Crippen LogP contribution is 2.50. The molecule has 26 heavy (non-hydrogen) atoms. The Bertz CT molecular complexity index is 832. The number of likely N-dealkylation sites (N-methyl/N-ethyl adjacent to an activating group) is 1.